The van der Waals surface area contributed by atoms with Crippen LogP contribution in [0, 0.1) is 5.41 Å². The van der Waals surface area contributed by atoms with Crippen molar-refractivity contribution in [2.75, 3.05) is 13.2 Å². The molecule has 4 nitrogen and oxygen atoms in total. The second kappa shape index (κ2) is 5.45. The van der Waals surface area contributed by atoms with E-state index in [-0.39, 0.29) is 10.8 Å². The molecule has 4 rings (SSSR count). The van der Waals surface area contributed by atoms with Crippen LogP contribution in [0.4, 0.5) is 0 Å². The minimum atomic E-state index is -0.324. The lowest BCUT2D eigenvalue weighted by Crippen LogP contribution is -2.34. The van der Waals surface area contributed by atoms with Crippen LogP contribution in [0.2, 0.25) is 0 Å². The summed E-state index contributed by atoms with van der Waals surface area (Å²) in [5.41, 5.74) is 8.09. The maximum atomic E-state index is 6.15. The number of hydrogen-bond acceptors (Lipinski definition) is 4. The summed E-state index contributed by atoms with van der Waals surface area (Å²) >= 11 is 0. The largest absolute Gasteiger partial charge is 0.493 e. The third kappa shape index (κ3) is 2.72. The van der Waals surface area contributed by atoms with Gasteiger partial charge in [0.2, 0.25) is 0 Å². The van der Waals surface area contributed by atoms with Gasteiger partial charge in [0.1, 0.15) is 17.2 Å². The van der Waals surface area contributed by atoms with Gasteiger partial charge in [-0.3, -0.25) is 0 Å². The summed E-state index contributed by atoms with van der Waals surface area (Å²) in [4.78, 5) is 0. The average Bonchev–Trinajstić information content (AvgIpc) is 2.96. The smallest absolute Gasteiger partial charge is 0.132 e. The van der Waals surface area contributed by atoms with Gasteiger partial charge in [0.15, 0.2) is 0 Å². The Morgan fingerprint density at radius 3 is 2.60 bits per heavy atom. The molecule has 0 saturated carbocycles. The Morgan fingerprint density at radius 1 is 1.12 bits per heavy atom. The number of benzene rings is 2. The topological polar surface area (TPSA) is 56.5 Å². The molecule has 1 spiro atoms. The zero-order valence-corrected chi connectivity index (χ0v) is 14.9. The van der Waals surface area contributed by atoms with E-state index in [9.17, 15) is 0 Å². The summed E-state index contributed by atoms with van der Waals surface area (Å²) < 4.78 is 12.2. The molecule has 0 aromatic heterocycles. The quantitative estimate of drug-likeness (QED) is 0.873. The minimum Gasteiger partial charge on any atom is -0.493 e. The van der Waals surface area contributed by atoms with E-state index in [1.165, 1.54) is 0 Å². The molecule has 2 aromatic rings. The van der Waals surface area contributed by atoms with Crippen LogP contribution in [0.1, 0.15) is 31.9 Å². The third-order valence-corrected chi connectivity index (χ3v) is 4.66. The molecule has 25 heavy (non-hydrogen) atoms. The summed E-state index contributed by atoms with van der Waals surface area (Å²) in [5.74, 6) is 3.29. The SMILES string of the molecule is CC(C)(C)COc1ccc2c(c1)[C@]1(C=C(N)NC1)c1ccccc1O2. The van der Waals surface area contributed by atoms with Crippen LogP contribution >= 0.6 is 0 Å². The lowest BCUT2D eigenvalue weighted by Gasteiger charge is -2.35. The zero-order chi connectivity index (χ0) is 17.7. The number of fused-ring (bicyclic) bond motifs is 4. The molecule has 4 heteroatoms. The molecule has 0 radical (unpaired) electrons. The molecule has 2 aliphatic heterocycles. The first-order chi connectivity index (χ1) is 11.9. The van der Waals surface area contributed by atoms with Crippen LogP contribution in [-0.4, -0.2) is 13.2 Å². The van der Waals surface area contributed by atoms with Crippen LogP contribution in [0.25, 0.3) is 0 Å². The van der Waals surface area contributed by atoms with E-state index in [0.29, 0.717) is 12.4 Å². The fourth-order valence-electron chi connectivity index (χ4n) is 3.48. The summed E-state index contributed by atoms with van der Waals surface area (Å²) in [6.45, 7) is 7.87. The van der Waals surface area contributed by atoms with Crippen LogP contribution in [0.5, 0.6) is 17.2 Å². The maximum Gasteiger partial charge on any atom is 0.132 e. The summed E-state index contributed by atoms with van der Waals surface area (Å²) in [6.07, 6.45) is 2.10. The van der Waals surface area contributed by atoms with Crippen molar-refractivity contribution in [1.82, 2.24) is 5.32 Å². The van der Waals surface area contributed by atoms with E-state index in [1.807, 2.05) is 30.3 Å². The first kappa shape index (κ1) is 15.9. The first-order valence-corrected chi connectivity index (χ1v) is 8.64. The molecule has 130 valence electrons. The Labute approximate surface area is 148 Å². The number of nitrogens with one attached hydrogen (secondary N) is 1. The Hall–Kier alpha value is -2.62. The van der Waals surface area contributed by atoms with E-state index >= 15 is 0 Å². The highest BCUT2D eigenvalue weighted by atomic mass is 16.5. The molecule has 0 bridgehead atoms. The molecule has 1 atom stereocenters. The van der Waals surface area contributed by atoms with Gasteiger partial charge >= 0.3 is 0 Å². The van der Waals surface area contributed by atoms with Crippen molar-refractivity contribution in [3.05, 3.63) is 65.5 Å². The zero-order valence-electron chi connectivity index (χ0n) is 14.9. The van der Waals surface area contributed by atoms with Gasteiger partial charge in [0, 0.05) is 17.7 Å². The standard InChI is InChI=1S/C21H24N2O2/c1-20(2,3)13-24-14-8-9-18-16(10-14)21(11-19(22)23-12-21)15-6-4-5-7-17(15)25-18/h4-11,23H,12-13,22H2,1-3H3/t21-/m0/s1. The first-order valence-electron chi connectivity index (χ1n) is 8.64. The molecule has 0 aliphatic carbocycles. The van der Waals surface area contributed by atoms with Gasteiger partial charge < -0.3 is 20.5 Å². The molecule has 0 unspecified atom stereocenters. The summed E-state index contributed by atoms with van der Waals surface area (Å²) in [5, 5.41) is 3.28. The van der Waals surface area contributed by atoms with Gasteiger partial charge in [-0.05, 0) is 35.8 Å². The second-order valence-corrected chi connectivity index (χ2v) is 8.03. The van der Waals surface area contributed by atoms with Crippen molar-refractivity contribution in [1.29, 1.82) is 0 Å². The Morgan fingerprint density at radius 2 is 1.88 bits per heavy atom. The highest BCUT2D eigenvalue weighted by Crippen LogP contribution is 2.51. The van der Waals surface area contributed by atoms with Gasteiger partial charge in [-0.1, -0.05) is 39.0 Å². The predicted molar refractivity (Wildman–Crippen MR) is 99.0 cm³/mol. The molecular weight excluding hydrogens is 312 g/mol. The van der Waals surface area contributed by atoms with Crippen molar-refractivity contribution < 1.29 is 9.47 Å². The predicted octanol–water partition coefficient (Wildman–Crippen LogP) is 3.91. The molecule has 0 fully saturated rings. The third-order valence-electron chi connectivity index (χ3n) is 4.66. The van der Waals surface area contributed by atoms with Gasteiger partial charge in [-0.15, -0.1) is 0 Å². The summed E-state index contributed by atoms with van der Waals surface area (Å²) in [7, 11) is 0. The van der Waals surface area contributed by atoms with Gasteiger partial charge in [0.05, 0.1) is 17.8 Å². The van der Waals surface area contributed by atoms with E-state index in [4.69, 9.17) is 15.2 Å². The van der Waals surface area contributed by atoms with Crippen LogP contribution < -0.4 is 20.5 Å². The molecule has 0 amide bonds. The van der Waals surface area contributed by atoms with Crippen LogP contribution in [0.3, 0.4) is 0 Å². The van der Waals surface area contributed by atoms with Gasteiger partial charge in [-0.25, -0.2) is 0 Å². The monoisotopic (exact) mass is 336 g/mol. The lowest BCUT2D eigenvalue weighted by atomic mass is 9.73. The van der Waals surface area contributed by atoms with Gasteiger partial charge in [0.25, 0.3) is 0 Å². The number of rotatable bonds is 2. The van der Waals surface area contributed by atoms with Crippen LogP contribution in [0.15, 0.2) is 54.4 Å². The number of para-hydroxylation sites is 1. The number of hydrogen-bond donors (Lipinski definition) is 2. The fourth-order valence-corrected chi connectivity index (χ4v) is 3.48. The number of ether oxygens (including phenoxy) is 2. The second-order valence-electron chi connectivity index (χ2n) is 8.03. The van der Waals surface area contributed by atoms with E-state index in [1.54, 1.807) is 0 Å². The van der Waals surface area contributed by atoms with Crippen molar-refractivity contribution in [2.24, 2.45) is 11.1 Å². The van der Waals surface area contributed by atoms with Crippen molar-refractivity contribution in [2.45, 2.75) is 26.2 Å². The summed E-state index contributed by atoms with van der Waals surface area (Å²) in [6, 6.07) is 14.2. The molecule has 2 aromatic carbocycles. The highest BCUT2D eigenvalue weighted by Gasteiger charge is 2.43. The Bertz CT molecular complexity index is 851. The molecule has 0 saturated heterocycles. The van der Waals surface area contributed by atoms with Crippen molar-refractivity contribution >= 4 is 0 Å². The molecule has 2 aliphatic rings. The Kier molecular flexibility index (Phi) is 3.46. The van der Waals surface area contributed by atoms with Gasteiger partial charge in [-0.2, -0.15) is 0 Å². The van der Waals surface area contributed by atoms with E-state index in [2.05, 4.69) is 44.3 Å². The maximum absolute atomic E-state index is 6.15. The minimum absolute atomic E-state index is 0.107. The normalized spacial score (nSPS) is 21.0. The number of nitrogens with two attached hydrogens (primary N) is 1. The molecular formula is C21H24N2O2. The fraction of sp³-hybridized carbons (Fsp3) is 0.333. The molecule has 2 heterocycles. The highest BCUT2D eigenvalue weighted by molar-refractivity contribution is 5.63. The molecule has 3 N–H and O–H groups in total. The van der Waals surface area contributed by atoms with E-state index in [0.717, 1.165) is 34.9 Å². The average molecular weight is 336 g/mol. The van der Waals surface area contributed by atoms with Crippen molar-refractivity contribution in [3.63, 3.8) is 0 Å². The Balaban J connectivity index is 1.81. The van der Waals surface area contributed by atoms with E-state index < -0.39 is 0 Å². The lowest BCUT2D eigenvalue weighted by molar-refractivity contribution is 0.197. The van der Waals surface area contributed by atoms with Crippen LogP contribution in [-0.2, 0) is 5.41 Å². The van der Waals surface area contributed by atoms with Crippen molar-refractivity contribution in [3.8, 4) is 17.2 Å².